The summed E-state index contributed by atoms with van der Waals surface area (Å²) in [6.45, 7) is 4.27. The lowest BCUT2D eigenvalue weighted by Gasteiger charge is -2.28. The van der Waals surface area contributed by atoms with Crippen LogP contribution >= 0.6 is 7.82 Å². The number of allylic oxidation sites excluding steroid dienone is 6. The number of phosphoric ester groups is 1. The topological polar surface area (TPSA) is 111 Å². The first-order valence-electron chi connectivity index (χ1n) is 29.2. The van der Waals surface area contributed by atoms with Crippen molar-refractivity contribution in [1.82, 2.24) is 0 Å². The summed E-state index contributed by atoms with van der Waals surface area (Å²) in [7, 11) is 1.18. The van der Waals surface area contributed by atoms with E-state index in [0.717, 1.165) is 51.4 Å². The third-order valence-electron chi connectivity index (χ3n) is 12.9. The number of esters is 2. The molecule has 406 valence electrons. The van der Waals surface area contributed by atoms with Gasteiger partial charge in [-0.15, -0.1) is 0 Å². The quantitative estimate of drug-likeness (QED) is 0.0195. The molecule has 0 aliphatic heterocycles. The van der Waals surface area contributed by atoms with Gasteiger partial charge in [-0.25, -0.2) is 0 Å². The average molecular weight is 995 g/mol. The third-order valence-corrected chi connectivity index (χ3v) is 13.9. The number of nitrogens with zero attached hydrogens (tertiary/aromatic N) is 1. The van der Waals surface area contributed by atoms with E-state index < -0.39 is 26.5 Å². The SMILES string of the molecule is CCCCCCC/C=C\C/C=C\C/C=C\CCCCCCCCCCCCCCC(=O)OC(COC(=O)CCCCCCCCCCCCCCCCCCCC)COP(=O)([O-])OCC[N+](C)(C)C. The molecule has 0 N–H and O–H groups in total. The van der Waals surface area contributed by atoms with E-state index in [4.69, 9.17) is 18.5 Å². The Morgan fingerprint density at radius 3 is 1.16 bits per heavy atom. The van der Waals surface area contributed by atoms with Crippen LogP contribution in [0.4, 0.5) is 0 Å². The van der Waals surface area contributed by atoms with Crippen molar-refractivity contribution in [3.63, 3.8) is 0 Å². The zero-order valence-electron chi connectivity index (χ0n) is 46.0. The van der Waals surface area contributed by atoms with Gasteiger partial charge in [-0.05, 0) is 51.4 Å². The molecule has 2 atom stereocenters. The maximum Gasteiger partial charge on any atom is 0.306 e. The molecule has 0 saturated carbocycles. The van der Waals surface area contributed by atoms with Crippen molar-refractivity contribution >= 4 is 19.8 Å². The van der Waals surface area contributed by atoms with Crippen molar-refractivity contribution in [3.8, 4) is 0 Å². The van der Waals surface area contributed by atoms with Crippen molar-refractivity contribution in [2.24, 2.45) is 0 Å². The molecule has 0 bridgehead atoms. The highest BCUT2D eigenvalue weighted by Crippen LogP contribution is 2.38. The Morgan fingerprint density at radius 2 is 0.783 bits per heavy atom. The molecule has 0 aromatic carbocycles. The van der Waals surface area contributed by atoms with Crippen LogP contribution in [0, 0.1) is 0 Å². The van der Waals surface area contributed by atoms with E-state index in [1.165, 1.54) is 193 Å². The Morgan fingerprint density at radius 1 is 0.449 bits per heavy atom. The number of phosphoric acid groups is 1. The summed E-state index contributed by atoms with van der Waals surface area (Å²) in [4.78, 5) is 37.9. The smallest absolute Gasteiger partial charge is 0.306 e. The summed E-state index contributed by atoms with van der Waals surface area (Å²) in [6, 6.07) is 0. The fourth-order valence-corrected chi connectivity index (χ4v) is 9.10. The van der Waals surface area contributed by atoms with Crippen molar-refractivity contribution < 1.29 is 42.1 Å². The number of hydrogen-bond donors (Lipinski definition) is 0. The summed E-state index contributed by atoms with van der Waals surface area (Å²) in [6.07, 6.45) is 61.8. The molecule has 0 aliphatic carbocycles. The molecule has 0 saturated heterocycles. The largest absolute Gasteiger partial charge is 0.756 e. The normalized spacial score (nSPS) is 13.5. The van der Waals surface area contributed by atoms with Crippen LogP contribution in [0.5, 0.6) is 0 Å². The summed E-state index contributed by atoms with van der Waals surface area (Å²) >= 11 is 0. The number of carbonyl (C=O) groups is 2. The van der Waals surface area contributed by atoms with E-state index in [-0.39, 0.29) is 32.0 Å². The standard InChI is InChI=1S/C59H112NO8P/c1-6-8-10-12-14-16-18-20-22-24-26-27-28-29-30-31-32-33-34-36-38-40-42-44-46-48-50-52-59(62)68-57(56-67-69(63,64)66-54-53-60(3,4)5)55-65-58(61)51-49-47-45-43-41-39-37-35-25-23-21-19-17-15-13-11-9-7-2/h18,20,24,26,28-29,57H,6-17,19,21-23,25,27,30-56H2,1-5H3/b20-18-,26-24-,29-28-. The highest BCUT2D eigenvalue weighted by molar-refractivity contribution is 7.45. The first-order valence-corrected chi connectivity index (χ1v) is 30.7. The molecule has 2 unspecified atom stereocenters. The molecule has 0 aromatic rings. The molecule has 69 heavy (non-hydrogen) atoms. The predicted molar refractivity (Wildman–Crippen MR) is 291 cm³/mol. The molecule has 0 rings (SSSR count). The van der Waals surface area contributed by atoms with Crippen molar-refractivity contribution in [2.75, 3.05) is 47.5 Å². The van der Waals surface area contributed by atoms with Crippen LogP contribution < -0.4 is 4.89 Å². The van der Waals surface area contributed by atoms with Gasteiger partial charge in [0.25, 0.3) is 7.82 Å². The molecule has 0 spiro atoms. The van der Waals surface area contributed by atoms with Crippen LogP contribution in [-0.2, 0) is 32.7 Å². The van der Waals surface area contributed by atoms with Crippen LogP contribution in [0.1, 0.15) is 277 Å². The fraction of sp³-hybridized carbons (Fsp3) is 0.864. The van der Waals surface area contributed by atoms with Gasteiger partial charge in [-0.1, -0.05) is 249 Å². The van der Waals surface area contributed by atoms with Crippen LogP contribution in [0.25, 0.3) is 0 Å². The summed E-state index contributed by atoms with van der Waals surface area (Å²) in [5.41, 5.74) is 0. The minimum Gasteiger partial charge on any atom is -0.756 e. The van der Waals surface area contributed by atoms with E-state index in [0.29, 0.717) is 17.4 Å². The Balaban J connectivity index is 4.13. The zero-order valence-corrected chi connectivity index (χ0v) is 46.9. The number of hydrogen-bond acceptors (Lipinski definition) is 8. The van der Waals surface area contributed by atoms with Gasteiger partial charge in [-0.2, -0.15) is 0 Å². The molecule has 10 heteroatoms. The lowest BCUT2D eigenvalue weighted by molar-refractivity contribution is -0.870. The van der Waals surface area contributed by atoms with Crippen LogP contribution in [0.3, 0.4) is 0 Å². The number of likely N-dealkylation sites (N-methyl/N-ethyl adjacent to an activating group) is 1. The summed E-state index contributed by atoms with van der Waals surface area (Å²) < 4.78 is 34.2. The van der Waals surface area contributed by atoms with Crippen LogP contribution in [-0.4, -0.2) is 70.0 Å². The van der Waals surface area contributed by atoms with Gasteiger partial charge in [0.05, 0.1) is 27.7 Å². The highest BCUT2D eigenvalue weighted by Gasteiger charge is 2.22. The number of unbranched alkanes of at least 4 members (excludes halogenated alkanes) is 34. The van der Waals surface area contributed by atoms with Crippen molar-refractivity contribution in [2.45, 2.75) is 283 Å². The van der Waals surface area contributed by atoms with Crippen molar-refractivity contribution in [1.29, 1.82) is 0 Å². The maximum atomic E-state index is 12.8. The second-order valence-corrected chi connectivity index (χ2v) is 22.4. The Kier molecular flexibility index (Phi) is 49.8. The maximum absolute atomic E-state index is 12.8. The molecule has 9 nitrogen and oxygen atoms in total. The molecule has 0 fully saturated rings. The van der Waals surface area contributed by atoms with E-state index >= 15 is 0 Å². The zero-order chi connectivity index (χ0) is 50.6. The van der Waals surface area contributed by atoms with Gasteiger partial charge >= 0.3 is 11.9 Å². The Bertz CT molecular complexity index is 1260. The lowest BCUT2D eigenvalue weighted by atomic mass is 10.0. The number of rotatable bonds is 54. The minimum absolute atomic E-state index is 0.0294. The first kappa shape index (κ1) is 67.2. The summed E-state index contributed by atoms with van der Waals surface area (Å²) in [5.74, 6) is -0.822. The van der Waals surface area contributed by atoms with E-state index in [1.807, 2.05) is 21.1 Å². The lowest BCUT2D eigenvalue weighted by Crippen LogP contribution is -2.37. The first-order chi connectivity index (χ1) is 33.5. The minimum atomic E-state index is -4.63. The van der Waals surface area contributed by atoms with Gasteiger partial charge in [0.1, 0.15) is 19.8 Å². The molecule has 0 heterocycles. The van der Waals surface area contributed by atoms with Gasteiger partial charge in [0, 0.05) is 12.8 Å². The summed E-state index contributed by atoms with van der Waals surface area (Å²) in [5, 5.41) is 0. The molecule has 0 aliphatic rings. The van der Waals surface area contributed by atoms with Gasteiger partial charge in [-0.3, -0.25) is 14.2 Å². The van der Waals surface area contributed by atoms with Crippen LogP contribution in [0.2, 0.25) is 0 Å². The van der Waals surface area contributed by atoms with Crippen molar-refractivity contribution in [3.05, 3.63) is 36.5 Å². The Hall–Kier alpha value is -1.77. The van der Waals surface area contributed by atoms with E-state index in [9.17, 15) is 19.0 Å². The van der Waals surface area contributed by atoms with Crippen LogP contribution in [0.15, 0.2) is 36.5 Å². The Labute approximate surface area is 427 Å². The number of quaternary nitrogens is 1. The van der Waals surface area contributed by atoms with Gasteiger partial charge in [0.15, 0.2) is 6.10 Å². The predicted octanol–water partition coefficient (Wildman–Crippen LogP) is 17.4. The molecular weight excluding hydrogens is 882 g/mol. The number of ether oxygens (including phenoxy) is 2. The third kappa shape index (κ3) is 55.4. The van der Waals surface area contributed by atoms with Gasteiger partial charge < -0.3 is 27.9 Å². The molecular formula is C59H112NO8P. The second-order valence-electron chi connectivity index (χ2n) is 21.0. The number of carbonyl (C=O) groups excluding carboxylic acids is 2. The van der Waals surface area contributed by atoms with E-state index in [2.05, 4.69) is 50.3 Å². The molecule has 0 aromatic heterocycles. The highest BCUT2D eigenvalue weighted by atomic mass is 31.2. The fourth-order valence-electron chi connectivity index (χ4n) is 8.37. The molecule has 0 amide bonds. The molecule has 0 radical (unpaired) electrons. The second kappa shape index (κ2) is 51.1. The van der Waals surface area contributed by atoms with Gasteiger partial charge in [0.2, 0.25) is 0 Å². The van der Waals surface area contributed by atoms with E-state index in [1.54, 1.807) is 0 Å². The average Bonchev–Trinajstić information content (AvgIpc) is 3.31. The monoisotopic (exact) mass is 994 g/mol.